The first-order chi connectivity index (χ1) is 34.5. The quantitative estimate of drug-likeness (QED) is 0.0532. The monoisotopic (exact) mass is 1130 g/mol. The molecule has 0 aliphatic carbocycles. The number of phenols is 2. The fraction of sp³-hybridized carbons (Fsp3) is 0.593. The van der Waals surface area contributed by atoms with Crippen molar-refractivity contribution in [1.29, 1.82) is 0 Å². The summed E-state index contributed by atoms with van der Waals surface area (Å²) in [6, 6.07) is 0. The van der Waals surface area contributed by atoms with Crippen LogP contribution >= 0.6 is 22.6 Å². The van der Waals surface area contributed by atoms with Crippen LogP contribution in [0.5, 0.6) is 17.2 Å². The maximum atomic E-state index is 15.1. The highest BCUT2D eigenvalue weighted by molar-refractivity contribution is 14.1. The molecule has 1 amide bonds. The number of hydrogen-bond donors (Lipinski definition) is 5. The van der Waals surface area contributed by atoms with Crippen molar-refractivity contribution < 1.29 is 63.3 Å². The number of ether oxygens (including phenoxy) is 5. The third-order valence-electron chi connectivity index (χ3n) is 15.5. The number of allylic oxidation sites excluding steroid dienone is 2. The van der Waals surface area contributed by atoms with Crippen LogP contribution in [0.2, 0.25) is 0 Å². The topological polar surface area (TPSA) is 239 Å². The Bertz CT molecular complexity index is 2690. The van der Waals surface area contributed by atoms with Gasteiger partial charge in [-0.05, 0) is 58.8 Å². The maximum absolute atomic E-state index is 15.1. The number of nitrogens with one attached hydrogen (secondary N) is 1. The van der Waals surface area contributed by atoms with E-state index in [4.69, 9.17) is 28.7 Å². The number of aliphatic hydroxyl groups excluding tert-OH is 2. The molecule has 5 bridgehead atoms. The Morgan fingerprint density at radius 3 is 2.30 bits per heavy atom. The summed E-state index contributed by atoms with van der Waals surface area (Å²) in [4.78, 5) is 69.8. The van der Waals surface area contributed by atoms with Gasteiger partial charge in [0.1, 0.15) is 40.4 Å². The average Bonchev–Trinajstić information content (AvgIpc) is 3.88. The lowest BCUT2D eigenvalue weighted by molar-refractivity contribution is -0.168. The zero-order valence-electron chi connectivity index (χ0n) is 43.4. The molecule has 2 aromatic rings. The Balaban J connectivity index is 1.30. The van der Waals surface area contributed by atoms with Crippen LogP contribution in [0.4, 0.5) is 5.69 Å². The number of alkyl halides is 1. The number of hydrogen-bond acceptors (Lipinski definition) is 17. The molecule has 73 heavy (non-hydrogen) atoms. The molecular formula is C54H72IN5O13. The van der Waals surface area contributed by atoms with E-state index < -0.39 is 101 Å². The van der Waals surface area contributed by atoms with E-state index in [9.17, 15) is 34.8 Å². The normalized spacial score (nSPS) is 31.3. The minimum atomic E-state index is -2.21. The van der Waals surface area contributed by atoms with E-state index in [2.05, 4.69) is 56.2 Å². The largest absolute Gasteiger partial charge is 0.507 e. The predicted octanol–water partition coefficient (Wildman–Crippen LogP) is 5.34. The Labute approximate surface area is 440 Å². The number of carbonyl (C=O) groups excluding carboxylic acids is 4. The van der Waals surface area contributed by atoms with Gasteiger partial charge in [-0.2, -0.15) is 0 Å². The molecule has 1 unspecified atom stereocenters. The lowest BCUT2D eigenvalue weighted by atomic mass is 9.78. The smallest absolute Gasteiger partial charge is 0.336 e. The summed E-state index contributed by atoms with van der Waals surface area (Å²) in [5.41, 5.74) is -0.404. The van der Waals surface area contributed by atoms with Crippen LogP contribution in [-0.4, -0.2) is 147 Å². The van der Waals surface area contributed by atoms with Gasteiger partial charge < -0.3 is 59.2 Å². The van der Waals surface area contributed by atoms with Gasteiger partial charge in [-0.3, -0.25) is 24.2 Å². The molecule has 0 saturated carbocycles. The number of carbonyl (C=O) groups is 4. The van der Waals surface area contributed by atoms with Gasteiger partial charge in [0.05, 0.1) is 47.8 Å². The van der Waals surface area contributed by atoms with Gasteiger partial charge in [-0.15, -0.1) is 0 Å². The van der Waals surface area contributed by atoms with Crippen molar-refractivity contribution >= 4 is 62.7 Å². The summed E-state index contributed by atoms with van der Waals surface area (Å²) in [6.45, 7) is 20.2. The number of benzene rings is 2. The van der Waals surface area contributed by atoms with Crippen molar-refractivity contribution in [2.75, 3.05) is 58.8 Å². The molecule has 2 saturated heterocycles. The van der Waals surface area contributed by atoms with E-state index in [-0.39, 0.29) is 62.1 Å². The van der Waals surface area contributed by atoms with Crippen molar-refractivity contribution in [3.8, 4) is 17.2 Å². The van der Waals surface area contributed by atoms with Crippen LogP contribution in [0.1, 0.15) is 89.6 Å². The highest BCUT2D eigenvalue weighted by Crippen LogP contribution is 2.51. The van der Waals surface area contributed by atoms with E-state index in [0.717, 1.165) is 32.5 Å². The molecule has 19 heteroatoms. The van der Waals surface area contributed by atoms with Gasteiger partial charge in [-0.25, -0.2) is 4.99 Å². The zero-order valence-corrected chi connectivity index (χ0v) is 45.5. The van der Waals surface area contributed by atoms with Crippen molar-refractivity contribution in [3.05, 3.63) is 70.6 Å². The molecule has 6 aliphatic heterocycles. The van der Waals surface area contributed by atoms with Crippen LogP contribution in [-0.2, 0) is 33.3 Å². The fourth-order valence-electron chi connectivity index (χ4n) is 10.7. The summed E-state index contributed by atoms with van der Waals surface area (Å²) in [6.07, 6.45) is 6.36. The molecule has 10 atom stereocenters. The van der Waals surface area contributed by atoms with Gasteiger partial charge >= 0.3 is 17.7 Å². The van der Waals surface area contributed by atoms with Gasteiger partial charge in [0.2, 0.25) is 0 Å². The van der Waals surface area contributed by atoms with E-state index in [1.165, 1.54) is 38.5 Å². The van der Waals surface area contributed by atoms with Crippen LogP contribution in [0.3, 0.4) is 0 Å². The number of phenolic OH excluding ortho intramolecular Hbond substituents is 2. The minimum absolute atomic E-state index is 0.0304. The Morgan fingerprint density at radius 1 is 0.973 bits per heavy atom. The van der Waals surface area contributed by atoms with E-state index in [1.807, 2.05) is 7.05 Å². The van der Waals surface area contributed by atoms with E-state index >= 15 is 4.79 Å². The second-order valence-electron chi connectivity index (χ2n) is 20.8. The number of aromatic hydroxyl groups is 2. The average molecular weight is 1130 g/mol. The van der Waals surface area contributed by atoms with Crippen molar-refractivity contribution in [2.24, 2.45) is 39.6 Å². The number of rotatable bonds is 9. The summed E-state index contributed by atoms with van der Waals surface area (Å²) in [5, 5.41) is 51.2. The van der Waals surface area contributed by atoms with Crippen molar-refractivity contribution in [2.45, 2.75) is 120 Å². The number of likely N-dealkylation sites (tertiary alicyclic amines) is 2. The summed E-state index contributed by atoms with van der Waals surface area (Å²) < 4.78 is 30.5. The minimum Gasteiger partial charge on any atom is -0.507 e. The molecule has 1 spiro atoms. The number of methoxy groups -OCH3 is 1. The molecule has 6 heterocycles. The third-order valence-corrected chi connectivity index (χ3v) is 15.8. The lowest BCUT2D eigenvalue weighted by Gasteiger charge is -2.38. The van der Waals surface area contributed by atoms with E-state index in [1.54, 1.807) is 46.8 Å². The number of halogens is 1. The number of aliphatic hydroxyl groups is 2. The number of amides is 1. The van der Waals surface area contributed by atoms with Crippen LogP contribution in [0.25, 0.3) is 10.8 Å². The number of fused-ring (bicyclic) bond motifs is 13. The zero-order chi connectivity index (χ0) is 53.3. The van der Waals surface area contributed by atoms with Crippen LogP contribution < -0.4 is 20.8 Å². The molecule has 8 rings (SSSR count). The molecule has 18 nitrogen and oxygen atoms in total. The standard InChI is InChI=1S/C54H72IN5O13/c1-11-54-51(67)41-39-40(47(65)34(8)50(41)73-54)48(66)44(43-42(39)57-53(58-43)18-22-60(23-19-53)26-30(4)55)56-52(68)29(3)14-12-13-28(2)45(63)32(6)46(64)33(7)49(31(5)36(69-10)17-24-71-54)72-38(62)25-37(61)70-27-35-15-20-59(9)21-16-35/h11-14,17,24,28,30-33,35-36,45-46,49,57,63-66H,1,15-16,18-23,25-27H2,2-10H3/b13-12+,24-17+,29-14-,56-44?/t28-,30?,31+,32+,33+,36-,45-,46+,49+,54-/m0/s1. The first-order valence-electron chi connectivity index (χ1n) is 25.3. The SMILES string of the molecule is C=C[C@@]12O/C=C/[C@H](OC)[C@@H](C)[C@@H](OC(=O)CC(=O)OCC3CCN(C)CC3)[C@H](C)[C@H](O)[C@H](C)[C@@H](O)[C@@H](C)/C=C/C=C(/C)C(=O)N=c3c(O)c4c(O)c(C)c(c(c4c4c3=NC3(CCN(CC(C)I)CC3)N4)C1=O)O2. The van der Waals surface area contributed by atoms with Gasteiger partial charge in [0, 0.05) is 89.8 Å². The predicted molar refractivity (Wildman–Crippen MR) is 281 cm³/mol. The van der Waals surface area contributed by atoms with E-state index in [0.29, 0.717) is 29.9 Å². The van der Waals surface area contributed by atoms with Crippen LogP contribution in [0, 0.1) is 36.5 Å². The molecule has 6 aliphatic rings. The number of nitrogens with zero attached hydrogens (tertiary/aromatic N) is 4. The highest BCUT2D eigenvalue weighted by atomic mass is 127. The molecule has 0 aromatic heterocycles. The second-order valence-corrected chi connectivity index (χ2v) is 22.9. The van der Waals surface area contributed by atoms with Gasteiger partial charge in [0.25, 0.3) is 11.7 Å². The molecule has 398 valence electrons. The highest BCUT2D eigenvalue weighted by Gasteiger charge is 2.52. The van der Waals surface area contributed by atoms with Crippen LogP contribution in [0.15, 0.2) is 58.8 Å². The number of piperidine rings is 2. The summed E-state index contributed by atoms with van der Waals surface area (Å²) in [7, 11) is 3.46. The molecule has 5 N–H and O–H groups in total. The lowest BCUT2D eigenvalue weighted by Crippen LogP contribution is -2.47. The number of esters is 2. The Hall–Kier alpha value is -4.93. The molecular weight excluding hydrogens is 1050 g/mol. The first-order valence-corrected chi connectivity index (χ1v) is 26.5. The number of ketones is 1. The Morgan fingerprint density at radius 2 is 1.66 bits per heavy atom. The number of Topliss-reactive ketones (excluding diaryl/α,β-unsaturated/α-hetero) is 1. The summed E-state index contributed by atoms with van der Waals surface area (Å²) in [5.74, 6) is -9.07. The Kier molecular flexibility index (Phi) is 17.5. The molecule has 0 radical (unpaired) electrons. The first kappa shape index (κ1) is 55.8. The second kappa shape index (κ2) is 22.9. The molecule has 2 fully saturated rings. The van der Waals surface area contributed by atoms with Gasteiger partial charge in [0.15, 0.2) is 5.75 Å². The fourth-order valence-corrected chi connectivity index (χ4v) is 11.3. The van der Waals surface area contributed by atoms with Crippen molar-refractivity contribution in [1.82, 2.24) is 9.80 Å². The van der Waals surface area contributed by atoms with Crippen molar-refractivity contribution in [3.63, 3.8) is 0 Å². The van der Waals surface area contributed by atoms with Gasteiger partial charge in [-0.1, -0.05) is 82.0 Å². The molecule has 2 aromatic carbocycles. The maximum Gasteiger partial charge on any atom is 0.336 e. The third kappa shape index (κ3) is 11.5. The summed E-state index contributed by atoms with van der Waals surface area (Å²) >= 11 is 2.39. The number of anilines is 1.